The van der Waals surface area contributed by atoms with Crippen LogP contribution in [0.25, 0.3) is 5.69 Å². The van der Waals surface area contributed by atoms with Crippen molar-refractivity contribution in [3.05, 3.63) is 64.9 Å². The van der Waals surface area contributed by atoms with Gasteiger partial charge in [0.2, 0.25) is 5.91 Å². The van der Waals surface area contributed by atoms with Crippen LogP contribution in [0.5, 0.6) is 0 Å². The molecule has 0 unspecified atom stereocenters. The van der Waals surface area contributed by atoms with E-state index in [1.54, 1.807) is 4.68 Å². The second-order valence-electron chi connectivity index (χ2n) is 6.65. The van der Waals surface area contributed by atoms with E-state index in [1.165, 1.54) is 6.33 Å². The third-order valence-electron chi connectivity index (χ3n) is 5.10. The first-order valence-corrected chi connectivity index (χ1v) is 8.88. The van der Waals surface area contributed by atoms with Gasteiger partial charge in [-0.25, -0.2) is 4.68 Å². The molecule has 1 N–H and O–H groups in total. The Morgan fingerprint density at radius 2 is 2.08 bits per heavy atom. The van der Waals surface area contributed by atoms with Gasteiger partial charge in [0.15, 0.2) is 0 Å². The van der Waals surface area contributed by atoms with E-state index < -0.39 is 5.41 Å². The zero-order valence-electron chi connectivity index (χ0n) is 14.3. The number of halogens is 1. The molecule has 0 atom stereocenters. The molecular weight excluding hydrogens is 350 g/mol. The number of hydrogen-bond donors (Lipinski definition) is 1. The fraction of sp³-hybridized carbons (Fsp3) is 0.263. The number of benzene rings is 2. The van der Waals surface area contributed by atoms with Gasteiger partial charge in [-0.15, -0.1) is 5.10 Å². The number of nitrogens with zero attached hydrogens (tertiary/aromatic N) is 4. The largest absolute Gasteiger partial charge is 0.325 e. The molecule has 132 valence electrons. The lowest BCUT2D eigenvalue weighted by atomic mass is 9.63. The molecule has 1 fully saturated rings. The van der Waals surface area contributed by atoms with E-state index in [9.17, 15) is 4.79 Å². The van der Waals surface area contributed by atoms with Crippen LogP contribution >= 0.6 is 11.6 Å². The van der Waals surface area contributed by atoms with E-state index in [0.717, 1.165) is 41.8 Å². The van der Waals surface area contributed by atoms with Crippen LogP contribution in [0.1, 0.15) is 30.4 Å². The number of amides is 1. The van der Waals surface area contributed by atoms with Gasteiger partial charge in [0, 0.05) is 10.7 Å². The number of tetrazole rings is 1. The van der Waals surface area contributed by atoms with Crippen LogP contribution < -0.4 is 5.32 Å². The van der Waals surface area contributed by atoms with E-state index in [0.29, 0.717) is 5.02 Å². The number of nitrogens with one attached hydrogen (secondary N) is 1. The molecule has 0 radical (unpaired) electrons. The standard InChI is InChI=1S/C19H18ClN5O/c1-13-6-7-16(25-12-21-23-24-25)11-17(13)22-18(26)19(8-3-9-19)14-4-2-5-15(20)10-14/h2,4-7,10-12H,3,8-9H2,1H3,(H,22,26). The average Bonchev–Trinajstić information content (AvgIpc) is 3.10. The Labute approximate surface area is 156 Å². The number of rotatable bonds is 4. The highest BCUT2D eigenvalue weighted by Crippen LogP contribution is 2.45. The van der Waals surface area contributed by atoms with Crippen molar-refractivity contribution in [1.82, 2.24) is 20.2 Å². The molecule has 1 heterocycles. The minimum atomic E-state index is -0.512. The highest BCUT2D eigenvalue weighted by molar-refractivity contribution is 6.30. The SMILES string of the molecule is Cc1ccc(-n2cnnn2)cc1NC(=O)C1(c2cccc(Cl)c2)CCC1. The van der Waals surface area contributed by atoms with Gasteiger partial charge in [0.1, 0.15) is 6.33 Å². The van der Waals surface area contributed by atoms with Crippen LogP contribution in [-0.2, 0) is 10.2 Å². The van der Waals surface area contributed by atoms with Crippen molar-refractivity contribution in [2.24, 2.45) is 0 Å². The Morgan fingerprint density at radius 3 is 2.73 bits per heavy atom. The summed E-state index contributed by atoms with van der Waals surface area (Å²) in [4.78, 5) is 13.2. The Kier molecular flexibility index (Phi) is 4.20. The number of aromatic nitrogens is 4. The quantitative estimate of drug-likeness (QED) is 0.763. The molecule has 1 saturated carbocycles. The molecule has 26 heavy (non-hydrogen) atoms. The first-order valence-electron chi connectivity index (χ1n) is 8.50. The second-order valence-corrected chi connectivity index (χ2v) is 7.09. The molecular formula is C19H18ClN5O. The van der Waals surface area contributed by atoms with Crippen molar-refractivity contribution in [1.29, 1.82) is 0 Å². The number of hydrogen-bond acceptors (Lipinski definition) is 4. The van der Waals surface area contributed by atoms with Crippen LogP contribution in [0.15, 0.2) is 48.8 Å². The molecule has 0 saturated heterocycles. The first-order chi connectivity index (χ1) is 12.6. The Morgan fingerprint density at radius 1 is 1.23 bits per heavy atom. The van der Waals surface area contributed by atoms with Gasteiger partial charge >= 0.3 is 0 Å². The molecule has 4 rings (SSSR count). The van der Waals surface area contributed by atoms with Gasteiger partial charge in [0.25, 0.3) is 0 Å². The molecule has 6 nitrogen and oxygen atoms in total. The minimum Gasteiger partial charge on any atom is -0.325 e. The summed E-state index contributed by atoms with van der Waals surface area (Å²) in [6, 6.07) is 13.3. The predicted octanol–water partition coefficient (Wildman–Crippen LogP) is 3.68. The topological polar surface area (TPSA) is 72.7 Å². The third-order valence-corrected chi connectivity index (χ3v) is 5.34. The van der Waals surface area contributed by atoms with Crippen molar-refractivity contribution in [3.8, 4) is 5.69 Å². The zero-order chi connectivity index (χ0) is 18.1. The van der Waals surface area contributed by atoms with E-state index >= 15 is 0 Å². The Bertz CT molecular complexity index is 950. The number of carbonyl (C=O) groups is 1. The molecule has 2 aromatic carbocycles. The fourth-order valence-corrected chi connectivity index (χ4v) is 3.56. The van der Waals surface area contributed by atoms with Crippen molar-refractivity contribution in [2.75, 3.05) is 5.32 Å². The summed E-state index contributed by atoms with van der Waals surface area (Å²) < 4.78 is 1.56. The summed E-state index contributed by atoms with van der Waals surface area (Å²) in [6.45, 7) is 1.96. The van der Waals surface area contributed by atoms with Crippen LogP contribution in [0, 0.1) is 6.92 Å². The number of aryl methyl sites for hydroxylation is 1. The third kappa shape index (κ3) is 2.86. The lowest BCUT2D eigenvalue weighted by Gasteiger charge is -2.41. The van der Waals surface area contributed by atoms with Crippen molar-refractivity contribution >= 4 is 23.2 Å². The van der Waals surface area contributed by atoms with Crippen molar-refractivity contribution in [2.45, 2.75) is 31.6 Å². The molecule has 1 aliphatic rings. The Hall–Kier alpha value is -2.73. The maximum atomic E-state index is 13.2. The predicted molar refractivity (Wildman–Crippen MR) is 99.5 cm³/mol. The highest BCUT2D eigenvalue weighted by atomic mass is 35.5. The molecule has 7 heteroatoms. The van der Waals surface area contributed by atoms with Gasteiger partial charge < -0.3 is 5.32 Å². The van der Waals surface area contributed by atoms with Gasteiger partial charge in [-0.05, 0) is 65.6 Å². The zero-order valence-corrected chi connectivity index (χ0v) is 15.1. The average molecular weight is 368 g/mol. The van der Waals surface area contributed by atoms with E-state index in [-0.39, 0.29) is 5.91 Å². The lowest BCUT2D eigenvalue weighted by Crippen LogP contribution is -2.46. The van der Waals surface area contributed by atoms with Crippen LogP contribution in [-0.4, -0.2) is 26.1 Å². The highest BCUT2D eigenvalue weighted by Gasteiger charge is 2.45. The summed E-state index contributed by atoms with van der Waals surface area (Å²) in [7, 11) is 0. The van der Waals surface area contributed by atoms with Crippen molar-refractivity contribution < 1.29 is 4.79 Å². The molecule has 0 aliphatic heterocycles. The molecule has 3 aromatic rings. The normalized spacial score (nSPS) is 15.3. The smallest absolute Gasteiger partial charge is 0.235 e. The fourth-order valence-electron chi connectivity index (χ4n) is 3.37. The minimum absolute atomic E-state index is 0.00276. The summed E-state index contributed by atoms with van der Waals surface area (Å²) in [5.74, 6) is 0.00276. The van der Waals surface area contributed by atoms with E-state index in [1.807, 2.05) is 49.4 Å². The molecule has 1 amide bonds. The van der Waals surface area contributed by atoms with Gasteiger partial charge in [-0.2, -0.15) is 0 Å². The van der Waals surface area contributed by atoms with Gasteiger partial charge in [-0.1, -0.05) is 36.2 Å². The van der Waals surface area contributed by atoms with Gasteiger partial charge in [0.05, 0.1) is 11.1 Å². The summed E-state index contributed by atoms with van der Waals surface area (Å²) >= 11 is 6.15. The first kappa shape index (κ1) is 16.7. The monoisotopic (exact) mass is 367 g/mol. The molecule has 1 aliphatic carbocycles. The van der Waals surface area contributed by atoms with Crippen LogP contribution in [0.2, 0.25) is 5.02 Å². The maximum Gasteiger partial charge on any atom is 0.235 e. The number of carbonyl (C=O) groups excluding carboxylic acids is 1. The van der Waals surface area contributed by atoms with E-state index in [2.05, 4.69) is 20.8 Å². The summed E-state index contributed by atoms with van der Waals surface area (Å²) in [5, 5.41) is 15.0. The Balaban J connectivity index is 1.64. The second kappa shape index (κ2) is 6.53. The maximum absolute atomic E-state index is 13.2. The summed E-state index contributed by atoms with van der Waals surface area (Å²) in [5.41, 5.74) is 3.00. The van der Waals surface area contributed by atoms with Crippen LogP contribution in [0.4, 0.5) is 5.69 Å². The molecule has 0 spiro atoms. The lowest BCUT2D eigenvalue weighted by molar-refractivity contribution is -0.124. The molecule has 1 aromatic heterocycles. The summed E-state index contributed by atoms with van der Waals surface area (Å²) in [6.07, 6.45) is 4.20. The molecule has 0 bridgehead atoms. The van der Waals surface area contributed by atoms with Gasteiger partial charge in [-0.3, -0.25) is 4.79 Å². The van der Waals surface area contributed by atoms with Crippen molar-refractivity contribution in [3.63, 3.8) is 0 Å². The van der Waals surface area contributed by atoms with Crippen LogP contribution in [0.3, 0.4) is 0 Å². The van der Waals surface area contributed by atoms with E-state index in [4.69, 9.17) is 11.6 Å². The number of anilines is 1.